The largest absolute Gasteiger partial charge is 0.481 e. The van der Waals surface area contributed by atoms with Crippen LogP contribution in [0, 0.1) is 0 Å². The number of carboxylic acid groups (broad SMARTS) is 1. The summed E-state index contributed by atoms with van der Waals surface area (Å²) in [5.41, 5.74) is 1.70. The number of hydrogen-bond acceptors (Lipinski definition) is 2. The predicted octanol–water partition coefficient (Wildman–Crippen LogP) is 4.34. The Labute approximate surface area is 124 Å². The van der Waals surface area contributed by atoms with Crippen LogP contribution >= 0.6 is 34.8 Å². The smallest absolute Gasteiger partial charge is 0.309 e. The SMILES string of the molecule is O=C(O)Cc1ncc(-c2cccc(Cl)c2Cl)cc1Cl. The molecule has 98 valence electrons. The lowest BCUT2D eigenvalue weighted by atomic mass is 10.1. The quantitative estimate of drug-likeness (QED) is 0.916. The van der Waals surface area contributed by atoms with E-state index in [1.165, 1.54) is 6.20 Å². The Morgan fingerprint density at radius 2 is 1.95 bits per heavy atom. The molecular weight excluding hydrogens is 309 g/mol. The van der Waals surface area contributed by atoms with E-state index >= 15 is 0 Å². The number of halogens is 3. The summed E-state index contributed by atoms with van der Waals surface area (Å²) in [7, 11) is 0. The van der Waals surface area contributed by atoms with Crippen molar-refractivity contribution in [2.75, 3.05) is 0 Å². The van der Waals surface area contributed by atoms with Gasteiger partial charge in [-0.1, -0.05) is 46.9 Å². The van der Waals surface area contributed by atoms with E-state index in [1.807, 2.05) is 0 Å². The molecule has 19 heavy (non-hydrogen) atoms. The lowest BCUT2D eigenvalue weighted by Gasteiger charge is -2.08. The molecule has 2 aromatic rings. The lowest BCUT2D eigenvalue weighted by Crippen LogP contribution is -2.03. The first-order valence-electron chi connectivity index (χ1n) is 5.29. The maximum absolute atomic E-state index is 10.6. The Bertz CT molecular complexity index is 644. The van der Waals surface area contributed by atoms with Crippen molar-refractivity contribution in [3.05, 3.63) is 51.2 Å². The molecule has 0 amide bonds. The summed E-state index contributed by atoms with van der Waals surface area (Å²) in [6.07, 6.45) is 1.31. The maximum atomic E-state index is 10.6. The minimum atomic E-state index is -0.983. The minimum absolute atomic E-state index is 0.220. The number of hydrogen-bond donors (Lipinski definition) is 1. The van der Waals surface area contributed by atoms with Gasteiger partial charge in [-0.15, -0.1) is 0 Å². The molecule has 0 bridgehead atoms. The molecule has 0 saturated carbocycles. The molecule has 0 atom stereocenters. The van der Waals surface area contributed by atoms with Gasteiger partial charge in [0.2, 0.25) is 0 Å². The van der Waals surface area contributed by atoms with E-state index in [9.17, 15) is 4.79 Å². The van der Waals surface area contributed by atoms with Crippen LogP contribution in [0.3, 0.4) is 0 Å². The second-order valence-corrected chi connectivity index (χ2v) is 5.02. The molecule has 0 aliphatic heterocycles. The van der Waals surface area contributed by atoms with Crippen molar-refractivity contribution in [1.29, 1.82) is 0 Å². The van der Waals surface area contributed by atoms with Crippen molar-refractivity contribution in [1.82, 2.24) is 4.98 Å². The first-order valence-corrected chi connectivity index (χ1v) is 6.43. The first kappa shape index (κ1) is 14.1. The van der Waals surface area contributed by atoms with Crippen molar-refractivity contribution >= 4 is 40.8 Å². The summed E-state index contributed by atoms with van der Waals surface area (Å²) in [6.45, 7) is 0. The molecule has 2 rings (SSSR count). The fraction of sp³-hybridized carbons (Fsp3) is 0.0769. The molecule has 1 aromatic heterocycles. The molecule has 0 fully saturated rings. The zero-order valence-electron chi connectivity index (χ0n) is 9.53. The van der Waals surface area contributed by atoms with Crippen molar-refractivity contribution < 1.29 is 9.90 Å². The van der Waals surface area contributed by atoms with E-state index in [2.05, 4.69) is 4.98 Å². The van der Waals surface area contributed by atoms with Gasteiger partial charge in [0.05, 0.1) is 27.2 Å². The highest BCUT2D eigenvalue weighted by atomic mass is 35.5. The number of pyridine rings is 1. The Morgan fingerprint density at radius 1 is 1.21 bits per heavy atom. The molecule has 1 N–H and O–H groups in total. The molecular formula is C13H8Cl3NO2. The van der Waals surface area contributed by atoms with Crippen molar-refractivity contribution in [3.8, 4) is 11.1 Å². The van der Waals surface area contributed by atoms with E-state index < -0.39 is 5.97 Å². The molecule has 0 aliphatic rings. The average Bonchev–Trinajstić information content (AvgIpc) is 2.35. The zero-order valence-corrected chi connectivity index (χ0v) is 11.8. The summed E-state index contributed by atoms with van der Waals surface area (Å²) in [5, 5.41) is 9.85. The second-order valence-electron chi connectivity index (χ2n) is 3.82. The van der Waals surface area contributed by atoms with Gasteiger partial charge >= 0.3 is 5.97 Å². The van der Waals surface area contributed by atoms with E-state index in [-0.39, 0.29) is 11.4 Å². The average molecular weight is 317 g/mol. The molecule has 0 saturated heterocycles. The van der Waals surface area contributed by atoms with Crippen LogP contribution in [0.2, 0.25) is 15.1 Å². The highest BCUT2D eigenvalue weighted by Crippen LogP contribution is 2.34. The molecule has 3 nitrogen and oxygen atoms in total. The maximum Gasteiger partial charge on any atom is 0.309 e. The molecule has 0 radical (unpaired) electrons. The van der Waals surface area contributed by atoms with Gasteiger partial charge in [0.25, 0.3) is 0 Å². The fourth-order valence-electron chi connectivity index (χ4n) is 1.61. The zero-order chi connectivity index (χ0) is 14.0. The van der Waals surface area contributed by atoms with Gasteiger partial charge in [0, 0.05) is 17.3 Å². The molecule has 0 aliphatic carbocycles. The number of rotatable bonds is 3. The number of nitrogens with zero attached hydrogens (tertiary/aromatic N) is 1. The molecule has 1 heterocycles. The third kappa shape index (κ3) is 3.18. The van der Waals surface area contributed by atoms with Crippen LogP contribution in [0.25, 0.3) is 11.1 Å². The second kappa shape index (κ2) is 5.78. The van der Waals surface area contributed by atoms with Crippen LogP contribution in [-0.4, -0.2) is 16.1 Å². The summed E-state index contributed by atoms with van der Waals surface area (Å²) in [4.78, 5) is 14.7. The van der Waals surface area contributed by atoms with Crippen LogP contribution < -0.4 is 0 Å². The summed E-state index contributed by atoms with van der Waals surface area (Å²) < 4.78 is 0. The fourth-order valence-corrected chi connectivity index (χ4v) is 2.26. The van der Waals surface area contributed by atoms with Gasteiger partial charge in [-0.3, -0.25) is 9.78 Å². The van der Waals surface area contributed by atoms with Crippen LogP contribution in [0.15, 0.2) is 30.5 Å². The Hall–Kier alpha value is -1.29. The minimum Gasteiger partial charge on any atom is -0.481 e. The van der Waals surface area contributed by atoms with Crippen molar-refractivity contribution in [3.63, 3.8) is 0 Å². The Morgan fingerprint density at radius 3 is 2.58 bits per heavy atom. The monoisotopic (exact) mass is 315 g/mol. The third-order valence-corrected chi connectivity index (χ3v) is 3.64. The predicted molar refractivity (Wildman–Crippen MR) is 76.0 cm³/mol. The first-order chi connectivity index (χ1) is 8.99. The number of aliphatic carboxylic acids is 1. The van der Waals surface area contributed by atoms with E-state index in [1.54, 1.807) is 24.3 Å². The van der Waals surface area contributed by atoms with Crippen molar-refractivity contribution in [2.24, 2.45) is 0 Å². The van der Waals surface area contributed by atoms with Crippen LogP contribution in [-0.2, 0) is 11.2 Å². The van der Waals surface area contributed by atoms with E-state index in [4.69, 9.17) is 39.9 Å². The van der Waals surface area contributed by atoms with E-state index in [0.29, 0.717) is 26.9 Å². The lowest BCUT2D eigenvalue weighted by molar-refractivity contribution is -0.136. The number of carboxylic acids is 1. The third-order valence-electron chi connectivity index (χ3n) is 2.50. The highest BCUT2D eigenvalue weighted by molar-refractivity contribution is 6.43. The molecule has 0 unspecified atom stereocenters. The van der Waals surface area contributed by atoms with Gasteiger partial charge in [-0.2, -0.15) is 0 Å². The van der Waals surface area contributed by atoms with Gasteiger partial charge in [0.1, 0.15) is 0 Å². The van der Waals surface area contributed by atoms with Gasteiger partial charge in [-0.05, 0) is 12.1 Å². The summed E-state index contributed by atoms with van der Waals surface area (Å²) >= 11 is 18.1. The Balaban J connectivity index is 2.44. The van der Waals surface area contributed by atoms with Gasteiger partial charge in [0.15, 0.2) is 0 Å². The topological polar surface area (TPSA) is 50.2 Å². The van der Waals surface area contributed by atoms with Crippen molar-refractivity contribution in [2.45, 2.75) is 6.42 Å². The van der Waals surface area contributed by atoms with Gasteiger partial charge in [-0.25, -0.2) is 0 Å². The molecule has 1 aromatic carbocycles. The number of carbonyl (C=O) groups is 1. The van der Waals surface area contributed by atoms with E-state index in [0.717, 1.165) is 0 Å². The number of benzene rings is 1. The van der Waals surface area contributed by atoms with Crippen LogP contribution in [0.5, 0.6) is 0 Å². The number of aromatic nitrogens is 1. The summed E-state index contributed by atoms with van der Waals surface area (Å²) in [6, 6.07) is 6.87. The standard InChI is InChI=1S/C13H8Cl3NO2/c14-9-3-1-2-8(13(9)16)7-4-10(15)11(17-6-7)5-12(18)19/h1-4,6H,5H2,(H,18,19). The molecule has 6 heteroatoms. The molecule has 0 spiro atoms. The summed E-state index contributed by atoms with van der Waals surface area (Å²) in [5.74, 6) is -0.983. The normalized spacial score (nSPS) is 10.5. The Kier molecular flexibility index (Phi) is 4.30. The highest BCUT2D eigenvalue weighted by Gasteiger charge is 2.11. The van der Waals surface area contributed by atoms with Crippen LogP contribution in [0.4, 0.5) is 0 Å². The van der Waals surface area contributed by atoms with Gasteiger partial charge < -0.3 is 5.11 Å². The van der Waals surface area contributed by atoms with Crippen LogP contribution in [0.1, 0.15) is 5.69 Å².